The monoisotopic (exact) mass is 336 g/mol. The molecular weight excluding hydrogens is 320 g/mol. The van der Waals surface area contributed by atoms with Crippen LogP contribution in [-0.4, -0.2) is 20.3 Å². The lowest BCUT2D eigenvalue weighted by Gasteiger charge is -2.02. The van der Waals surface area contributed by atoms with Crippen LogP contribution in [0.2, 0.25) is 0 Å². The number of carbonyl (C=O) groups excluding carboxylic acids is 1. The molecule has 120 valence electrons. The Hall–Kier alpha value is -2.73. The quantitative estimate of drug-likeness (QED) is 0.599. The van der Waals surface area contributed by atoms with Crippen LogP contribution >= 0.6 is 11.3 Å². The molecule has 0 aliphatic rings. The molecule has 5 nitrogen and oxygen atoms in total. The number of thiazole rings is 1. The van der Waals surface area contributed by atoms with E-state index in [1.54, 1.807) is 4.40 Å². The van der Waals surface area contributed by atoms with Gasteiger partial charge in [0.05, 0.1) is 15.9 Å². The number of nitrogens with zero attached hydrogens (tertiary/aromatic N) is 3. The van der Waals surface area contributed by atoms with E-state index in [2.05, 4.69) is 28.3 Å². The van der Waals surface area contributed by atoms with E-state index in [1.165, 1.54) is 22.5 Å². The first-order valence-corrected chi connectivity index (χ1v) is 8.47. The van der Waals surface area contributed by atoms with Crippen LogP contribution < -0.4 is 5.32 Å². The minimum absolute atomic E-state index is 0.195. The number of benzene rings is 1. The first kappa shape index (κ1) is 14.8. The van der Waals surface area contributed by atoms with Crippen molar-refractivity contribution in [1.82, 2.24) is 14.4 Å². The molecule has 0 atom stereocenters. The number of rotatable bonds is 2. The van der Waals surface area contributed by atoms with E-state index in [1.807, 2.05) is 44.3 Å². The van der Waals surface area contributed by atoms with E-state index >= 15 is 0 Å². The van der Waals surface area contributed by atoms with Crippen LogP contribution in [0.15, 0.2) is 36.5 Å². The summed E-state index contributed by atoms with van der Waals surface area (Å²) >= 11 is 1.50. The zero-order chi connectivity index (χ0) is 16.8. The van der Waals surface area contributed by atoms with Crippen LogP contribution in [-0.2, 0) is 0 Å². The van der Waals surface area contributed by atoms with Gasteiger partial charge in [-0.05, 0) is 50.1 Å². The molecule has 0 saturated carbocycles. The van der Waals surface area contributed by atoms with E-state index in [4.69, 9.17) is 0 Å². The lowest BCUT2D eigenvalue weighted by Crippen LogP contribution is -2.15. The fraction of sp³-hybridized carbons (Fsp3) is 0.167. The molecule has 1 amide bonds. The average Bonchev–Trinajstić information content (AvgIpc) is 3.06. The Labute approximate surface area is 143 Å². The van der Waals surface area contributed by atoms with Gasteiger partial charge >= 0.3 is 0 Å². The van der Waals surface area contributed by atoms with Gasteiger partial charge in [0.2, 0.25) is 0 Å². The highest BCUT2D eigenvalue weighted by Crippen LogP contribution is 2.30. The van der Waals surface area contributed by atoms with E-state index in [0.29, 0.717) is 16.5 Å². The van der Waals surface area contributed by atoms with E-state index in [0.717, 1.165) is 15.9 Å². The van der Waals surface area contributed by atoms with Crippen LogP contribution in [0.3, 0.4) is 0 Å². The Kier molecular flexibility index (Phi) is 3.35. The standard InChI is InChI=1S/C18H16N4OS/c1-10-8-11(2)16-13(9-10)20-18(24-16)21-17(23)15-12(3)19-14-6-4-5-7-22(14)15/h4-9H,1-3H3,(H,20,21,23). The van der Waals surface area contributed by atoms with Gasteiger partial charge in [0.15, 0.2) is 5.13 Å². The highest BCUT2D eigenvalue weighted by molar-refractivity contribution is 7.22. The van der Waals surface area contributed by atoms with Gasteiger partial charge in [0.1, 0.15) is 11.3 Å². The molecule has 6 heteroatoms. The summed E-state index contributed by atoms with van der Waals surface area (Å²) in [4.78, 5) is 21.7. The Bertz CT molecular complexity index is 1090. The smallest absolute Gasteiger partial charge is 0.276 e. The number of hydrogen-bond donors (Lipinski definition) is 1. The Morgan fingerprint density at radius 1 is 1.17 bits per heavy atom. The average molecular weight is 336 g/mol. The van der Waals surface area contributed by atoms with Crippen LogP contribution in [0.1, 0.15) is 27.3 Å². The maximum atomic E-state index is 12.7. The number of nitrogens with one attached hydrogen (secondary N) is 1. The van der Waals surface area contributed by atoms with Crippen molar-refractivity contribution < 1.29 is 4.79 Å². The van der Waals surface area contributed by atoms with Crippen molar-refractivity contribution in [2.75, 3.05) is 5.32 Å². The summed E-state index contributed by atoms with van der Waals surface area (Å²) < 4.78 is 2.90. The molecule has 4 aromatic rings. The van der Waals surface area contributed by atoms with Crippen molar-refractivity contribution in [3.05, 3.63) is 59.0 Å². The van der Waals surface area contributed by atoms with E-state index in [-0.39, 0.29) is 5.91 Å². The van der Waals surface area contributed by atoms with Crippen molar-refractivity contribution in [2.24, 2.45) is 0 Å². The summed E-state index contributed by atoms with van der Waals surface area (Å²) in [5, 5.41) is 3.53. The zero-order valence-electron chi connectivity index (χ0n) is 13.6. The lowest BCUT2D eigenvalue weighted by atomic mass is 10.1. The molecule has 0 saturated heterocycles. The first-order chi connectivity index (χ1) is 11.5. The van der Waals surface area contributed by atoms with Gasteiger partial charge in [-0.25, -0.2) is 9.97 Å². The maximum absolute atomic E-state index is 12.7. The third-order valence-electron chi connectivity index (χ3n) is 3.96. The minimum Gasteiger partial charge on any atom is -0.296 e. The molecule has 0 aliphatic carbocycles. The van der Waals surface area contributed by atoms with Crippen LogP contribution in [0.25, 0.3) is 15.9 Å². The van der Waals surface area contributed by atoms with Crippen LogP contribution in [0, 0.1) is 20.8 Å². The van der Waals surface area contributed by atoms with Crippen LogP contribution in [0.4, 0.5) is 5.13 Å². The predicted octanol–water partition coefficient (Wildman–Crippen LogP) is 4.12. The molecule has 0 unspecified atom stereocenters. The number of fused-ring (bicyclic) bond motifs is 2. The largest absolute Gasteiger partial charge is 0.296 e. The summed E-state index contributed by atoms with van der Waals surface area (Å²) in [5.41, 5.74) is 5.26. The van der Waals surface area contributed by atoms with Crippen molar-refractivity contribution in [3.63, 3.8) is 0 Å². The van der Waals surface area contributed by atoms with Gasteiger partial charge in [0, 0.05) is 6.20 Å². The third-order valence-corrected chi connectivity index (χ3v) is 5.08. The third kappa shape index (κ3) is 2.35. The number of aromatic nitrogens is 3. The summed E-state index contributed by atoms with van der Waals surface area (Å²) in [7, 11) is 0. The molecule has 3 heterocycles. The molecule has 0 bridgehead atoms. The van der Waals surface area contributed by atoms with E-state index < -0.39 is 0 Å². The fourth-order valence-electron chi connectivity index (χ4n) is 2.97. The Balaban J connectivity index is 1.73. The molecular formula is C18H16N4OS. The van der Waals surface area contributed by atoms with Gasteiger partial charge in [-0.2, -0.15) is 0 Å². The predicted molar refractivity (Wildman–Crippen MR) is 97.0 cm³/mol. The van der Waals surface area contributed by atoms with Gasteiger partial charge < -0.3 is 0 Å². The van der Waals surface area contributed by atoms with Crippen molar-refractivity contribution in [2.45, 2.75) is 20.8 Å². The number of carbonyl (C=O) groups is 1. The number of hydrogen-bond acceptors (Lipinski definition) is 4. The number of aryl methyl sites for hydroxylation is 3. The SMILES string of the molecule is Cc1cc(C)c2sc(NC(=O)c3c(C)nc4ccccn34)nc2c1. The fourth-order valence-corrected chi connectivity index (χ4v) is 3.88. The highest BCUT2D eigenvalue weighted by Gasteiger charge is 2.18. The van der Waals surface area contributed by atoms with E-state index in [9.17, 15) is 4.79 Å². The van der Waals surface area contributed by atoms with Gasteiger partial charge in [0.25, 0.3) is 5.91 Å². The highest BCUT2D eigenvalue weighted by atomic mass is 32.1. The zero-order valence-corrected chi connectivity index (χ0v) is 14.4. The van der Waals surface area contributed by atoms with Gasteiger partial charge in [-0.3, -0.25) is 14.5 Å². The number of anilines is 1. The summed E-state index contributed by atoms with van der Waals surface area (Å²) in [5.74, 6) is -0.195. The lowest BCUT2D eigenvalue weighted by molar-refractivity contribution is 0.102. The first-order valence-electron chi connectivity index (χ1n) is 7.66. The van der Waals surface area contributed by atoms with Crippen molar-refractivity contribution in [3.8, 4) is 0 Å². The Morgan fingerprint density at radius 2 is 2.00 bits per heavy atom. The van der Waals surface area contributed by atoms with Crippen molar-refractivity contribution in [1.29, 1.82) is 0 Å². The molecule has 4 rings (SSSR count). The maximum Gasteiger partial charge on any atom is 0.276 e. The Morgan fingerprint density at radius 3 is 2.83 bits per heavy atom. The second-order valence-electron chi connectivity index (χ2n) is 5.88. The summed E-state index contributed by atoms with van der Waals surface area (Å²) in [6, 6.07) is 9.83. The normalized spacial score (nSPS) is 11.3. The number of imidazole rings is 1. The molecule has 0 spiro atoms. The number of amides is 1. The molecule has 0 radical (unpaired) electrons. The topological polar surface area (TPSA) is 59.3 Å². The summed E-state index contributed by atoms with van der Waals surface area (Å²) in [6.07, 6.45) is 1.84. The van der Waals surface area contributed by atoms with Gasteiger partial charge in [-0.1, -0.05) is 23.5 Å². The number of pyridine rings is 1. The summed E-state index contributed by atoms with van der Waals surface area (Å²) in [6.45, 7) is 5.95. The minimum atomic E-state index is -0.195. The molecule has 3 aromatic heterocycles. The molecule has 0 aliphatic heterocycles. The molecule has 0 fully saturated rings. The second kappa shape index (κ2) is 5.42. The van der Waals surface area contributed by atoms with Gasteiger partial charge in [-0.15, -0.1) is 0 Å². The molecule has 1 aromatic carbocycles. The molecule has 24 heavy (non-hydrogen) atoms. The van der Waals surface area contributed by atoms with Crippen molar-refractivity contribution >= 4 is 38.2 Å². The van der Waals surface area contributed by atoms with Crippen LogP contribution in [0.5, 0.6) is 0 Å². The second-order valence-corrected chi connectivity index (χ2v) is 6.88. The molecule has 1 N–H and O–H groups in total.